The molecule has 1 aromatic heterocycles. The zero-order valence-corrected chi connectivity index (χ0v) is 14.2. The molecule has 2 aliphatic heterocycles. The van der Waals surface area contributed by atoms with E-state index in [9.17, 15) is 4.79 Å². The van der Waals surface area contributed by atoms with E-state index < -0.39 is 0 Å². The number of rotatable bonds is 5. The molecule has 4 rings (SSSR count). The van der Waals surface area contributed by atoms with Crippen LogP contribution in [0.1, 0.15) is 23.6 Å². The lowest BCUT2D eigenvalue weighted by Gasteiger charge is -2.25. The van der Waals surface area contributed by atoms with Crippen molar-refractivity contribution in [3.8, 4) is 5.75 Å². The second-order valence-corrected chi connectivity index (χ2v) is 6.66. The molecule has 3 heterocycles. The summed E-state index contributed by atoms with van der Waals surface area (Å²) >= 11 is 0. The second-order valence-electron chi connectivity index (χ2n) is 6.66. The van der Waals surface area contributed by atoms with Crippen molar-refractivity contribution in [2.45, 2.75) is 32.2 Å². The van der Waals surface area contributed by atoms with Crippen molar-refractivity contribution in [2.75, 3.05) is 19.7 Å². The molecule has 2 aliphatic rings. The number of fused-ring (bicyclic) bond motifs is 2. The van der Waals surface area contributed by atoms with E-state index in [1.54, 1.807) is 0 Å². The van der Waals surface area contributed by atoms with Crippen LogP contribution in [-0.2, 0) is 25.8 Å². The van der Waals surface area contributed by atoms with Crippen LogP contribution in [0, 0.1) is 5.92 Å². The average molecular weight is 341 g/mol. The highest BCUT2D eigenvalue weighted by Crippen LogP contribution is 2.26. The van der Waals surface area contributed by atoms with Gasteiger partial charge in [-0.05, 0) is 24.5 Å². The van der Waals surface area contributed by atoms with Gasteiger partial charge >= 0.3 is 6.03 Å². The summed E-state index contributed by atoms with van der Waals surface area (Å²) in [4.78, 5) is 12.0. The maximum Gasteiger partial charge on any atom is 0.314 e. The second kappa shape index (κ2) is 7.13. The highest BCUT2D eigenvalue weighted by Gasteiger charge is 2.20. The molecule has 132 valence electrons. The molecule has 0 saturated carbocycles. The maximum absolute atomic E-state index is 12.0. The van der Waals surface area contributed by atoms with Gasteiger partial charge in [-0.1, -0.05) is 18.2 Å². The predicted molar refractivity (Wildman–Crippen MR) is 92.6 cm³/mol. The summed E-state index contributed by atoms with van der Waals surface area (Å²) in [5, 5.41) is 14.2. The molecule has 0 radical (unpaired) electrons. The van der Waals surface area contributed by atoms with Crippen molar-refractivity contribution >= 4 is 6.03 Å². The SMILES string of the molecule is O=C(NCCc1nnc2n1CCC2)NCC1COc2ccccc2C1. The summed E-state index contributed by atoms with van der Waals surface area (Å²) in [7, 11) is 0. The number of hydrogen-bond donors (Lipinski definition) is 2. The molecule has 25 heavy (non-hydrogen) atoms. The van der Waals surface area contributed by atoms with Gasteiger partial charge in [0.2, 0.25) is 0 Å². The Kier molecular flexibility index (Phi) is 4.54. The van der Waals surface area contributed by atoms with Gasteiger partial charge in [0.1, 0.15) is 17.4 Å². The van der Waals surface area contributed by atoms with Crippen LogP contribution in [0.5, 0.6) is 5.75 Å². The summed E-state index contributed by atoms with van der Waals surface area (Å²) in [5.41, 5.74) is 1.21. The van der Waals surface area contributed by atoms with E-state index >= 15 is 0 Å². The number of carbonyl (C=O) groups is 1. The first kappa shape index (κ1) is 15.9. The molecule has 0 bridgehead atoms. The van der Waals surface area contributed by atoms with Crippen LogP contribution in [0.3, 0.4) is 0 Å². The van der Waals surface area contributed by atoms with Gasteiger partial charge in [0, 0.05) is 38.4 Å². The fraction of sp³-hybridized carbons (Fsp3) is 0.500. The molecule has 0 aliphatic carbocycles. The van der Waals surface area contributed by atoms with Gasteiger partial charge in [-0.2, -0.15) is 0 Å². The lowest BCUT2D eigenvalue weighted by Crippen LogP contribution is -2.41. The van der Waals surface area contributed by atoms with Crippen LogP contribution in [0.25, 0.3) is 0 Å². The molecule has 1 aromatic carbocycles. The van der Waals surface area contributed by atoms with Crippen molar-refractivity contribution in [2.24, 2.45) is 5.92 Å². The van der Waals surface area contributed by atoms with Crippen molar-refractivity contribution in [1.29, 1.82) is 0 Å². The van der Waals surface area contributed by atoms with Crippen LogP contribution in [0.4, 0.5) is 4.79 Å². The third kappa shape index (κ3) is 3.60. The molecular formula is C18H23N5O2. The highest BCUT2D eigenvalue weighted by molar-refractivity contribution is 5.73. The lowest BCUT2D eigenvalue weighted by atomic mass is 9.97. The summed E-state index contributed by atoms with van der Waals surface area (Å²) in [5.74, 6) is 3.30. The topological polar surface area (TPSA) is 81.1 Å². The van der Waals surface area contributed by atoms with Gasteiger partial charge in [-0.15, -0.1) is 10.2 Å². The van der Waals surface area contributed by atoms with E-state index in [2.05, 4.69) is 31.5 Å². The molecular weight excluding hydrogens is 318 g/mol. The number of amides is 2. The highest BCUT2D eigenvalue weighted by atomic mass is 16.5. The van der Waals surface area contributed by atoms with E-state index in [1.165, 1.54) is 5.56 Å². The standard InChI is InChI=1S/C18H23N5O2/c24-18(19-8-7-17-22-21-16-6-3-9-23(16)17)20-11-13-10-14-4-1-2-5-15(14)25-12-13/h1-2,4-5,13H,3,6-12H2,(H2,19,20,24). The van der Waals surface area contributed by atoms with E-state index in [4.69, 9.17) is 4.74 Å². The van der Waals surface area contributed by atoms with Gasteiger partial charge in [0.05, 0.1) is 6.61 Å². The summed E-state index contributed by atoms with van der Waals surface area (Å²) < 4.78 is 7.91. The van der Waals surface area contributed by atoms with Gasteiger partial charge in [0.15, 0.2) is 0 Å². The molecule has 2 aromatic rings. The first-order valence-electron chi connectivity index (χ1n) is 8.93. The Hall–Kier alpha value is -2.57. The Morgan fingerprint density at radius 2 is 2.20 bits per heavy atom. The van der Waals surface area contributed by atoms with Gasteiger partial charge in [-0.3, -0.25) is 0 Å². The quantitative estimate of drug-likeness (QED) is 0.859. The smallest absolute Gasteiger partial charge is 0.314 e. The van der Waals surface area contributed by atoms with E-state index in [1.807, 2.05) is 18.2 Å². The summed E-state index contributed by atoms with van der Waals surface area (Å²) in [6.07, 6.45) is 3.79. The average Bonchev–Trinajstić information content (AvgIpc) is 3.24. The van der Waals surface area contributed by atoms with Crippen molar-refractivity contribution in [1.82, 2.24) is 25.4 Å². The van der Waals surface area contributed by atoms with E-state index in [0.29, 0.717) is 32.0 Å². The Bertz CT molecular complexity index is 758. The lowest BCUT2D eigenvalue weighted by molar-refractivity contribution is 0.211. The number of nitrogens with zero attached hydrogens (tertiary/aromatic N) is 3. The number of aromatic nitrogens is 3. The number of nitrogens with one attached hydrogen (secondary N) is 2. The van der Waals surface area contributed by atoms with Gasteiger partial charge < -0.3 is 19.9 Å². The first-order chi connectivity index (χ1) is 12.3. The van der Waals surface area contributed by atoms with Crippen LogP contribution >= 0.6 is 0 Å². The number of aryl methyl sites for hydroxylation is 1. The Balaban J connectivity index is 1.18. The first-order valence-corrected chi connectivity index (χ1v) is 8.93. The van der Waals surface area contributed by atoms with Crippen LogP contribution in [-0.4, -0.2) is 40.5 Å². The predicted octanol–water partition coefficient (Wildman–Crippen LogP) is 1.32. The Morgan fingerprint density at radius 1 is 1.28 bits per heavy atom. The summed E-state index contributed by atoms with van der Waals surface area (Å²) in [6.45, 7) is 2.81. The van der Waals surface area contributed by atoms with Crippen LogP contribution < -0.4 is 15.4 Å². The van der Waals surface area contributed by atoms with E-state index in [0.717, 1.165) is 43.2 Å². The molecule has 0 saturated heterocycles. The molecule has 0 fully saturated rings. The third-order valence-corrected chi connectivity index (χ3v) is 4.83. The molecule has 7 nitrogen and oxygen atoms in total. The molecule has 7 heteroatoms. The third-order valence-electron chi connectivity index (χ3n) is 4.83. The van der Waals surface area contributed by atoms with Crippen LogP contribution in [0.2, 0.25) is 0 Å². The Morgan fingerprint density at radius 3 is 3.16 bits per heavy atom. The number of benzene rings is 1. The summed E-state index contributed by atoms with van der Waals surface area (Å²) in [6, 6.07) is 7.94. The number of urea groups is 1. The van der Waals surface area contributed by atoms with Gasteiger partial charge in [-0.25, -0.2) is 4.79 Å². The monoisotopic (exact) mass is 341 g/mol. The number of hydrogen-bond acceptors (Lipinski definition) is 4. The minimum Gasteiger partial charge on any atom is -0.493 e. The largest absolute Gasteiger partial charge is 0.493 e. The van der Waals surface area contributed by atoms with Crippen LogP contribution in [0.15, 0.2) is 24.3 Å². The van der Waals surface area contributed by atoms with Gasteiger partial charge in [0.25, 0.3) is 0 Å². The minimum atomic E-state index is -0.139. The Labute approximate surface area is 146 Å². The fourth-order valence-corrected chi connectivity index (χ4v) is 3.50. The molecule has 2 amide bonds. The minimum absolute atomic E-state index is 0.139. The normalized spacial score (nSPS) is 18.2. The van der Waals surface area contributed by atoms with E-state index in [-0.39, 0.29) is 6.03 Å². The fourth-order valence-electron chi connectivity index (χ4n) is 3.50. The van der Waals surface area contributed by atoms with Crippen molar-refractivity contribution in [3.63, 3.8) is 0 Å². The zero-order chi connectivity index (χ0) is 17.1. The molecule has 1 unspecified atom stereocenters. The molecule has 2 N–H and O–H groups in total. The number of ether oxygens (including phenoxy) is 1. The zero-order valence-electron chi connectivity index (χ0n) is 14.2. The number of carbonyl (C=O) groups excluding carboxylic acids is 1. The molecule has 0 spiro atoms. The maximum atomic E-state index is 12.0. The molecule has 1 atom stereocenters. The van der Waals surface area contributed by atoms with Crippen molar-refractivity contribution < 1.29 is 9.53 Å². The number of para-hydroxylation sites is 1. The van der Waals surface area contributed by atoms with Crippen molar-refractivity contribution in [3.05, 3.63) is 41.5 Å².